The van der Waals surface area contributed by atoms with E-state index in [4.69, 9.17) is 4.74 Å². The van der Waals surface area contributed by atoms with Crippen LogP contribution >= 0.6 is 0 Å². The number of amides is 1. The molecule has 0 fully saturated rings. The number of ether oxygens (including phenoxy) is 1. The Hall–Kier alpha value is -2.30. The molecule has 5 nitrogen and oxygen atoms in total. The summed E-state index contributed by atoms with van der Waals surface area (Å²) in [4.78, 5) is 16.7. The Bertz CT molecular complexity index is 619. The minimum Gasteiger partial charge on any atom is -0.497 e. The normalized spacial score (nSPS) is 12.0. The number of hydrogen-bond acceptors (Lipinski definition) is 3. The van der Waals surface area contributed by atoms with Gasteiger partial charge in [0.05, 0.1) is 7.11 Å². The van der Waals surface area contributed by atoms with Crippen LogP contribution in [0.15, 0.2) is 36.7 Å². The Balaban J connectivity index is 2.18. The lowest BCUT2D eigenvalue weighted by Crippen LogP contribution is -2.30. The predicted molar refractivity (Wildman–Crippen MR) is 90.3 cm³/mol. The third-order valence-electron chi connectivity index (χ3n) is 3.88. The molecule has 5 heteroatoms. The number of unbranched alkanes of at least 4 members (excludes halogenated alkanes) is 2. The number of carbonyl (C=O) groups excluding carboxylic acids is 1. The molecule has 1 aromatic carbocycles. The van der Waals surface area contributed by atoms with Crippen molar-refractivity contribution in [1.82, 2.24) is 14.9 Å². The molecule has 0 bridgehead atoms. The van der Waals surface area contributed by atoms with Gasteiger partial charge in [0.1, 0.15) is 17.6 Å². The van der Waals surface area contributed by atoms with Gasteiger partial charge in [-0.2, -0.15) is 0 Å². The maximum absolute atomic E-state index is 12.3. The van der Waals surface area contributed by atoms with E-state index in [1.165, 1.54) is 0 Å². The Morgan fingerprint density at radius 1 is 1.30 bits per heavy atom. The first-order valence-corrected chi connectivity index (χ1v) is 8.06. The highest BCUT2D eigenvalue weighted by Crippen LogP contribution is 2.23. The standard InChI is InChI=1S/C18H25N3O2/c1-4-5-6-7-16(22)20-17(18-19-12-13-21(18)2)14-8-10-15(23-3)11-9-14/h8-13,17H,4-7H2,1-3H3,(H,20,22)/t17-/m1/s1. The summed E-state index contributed by atoms with van der Waals surface area (Å²) in [5, 5.41) is 3.11. The molecule has 0 saturated carbocycles. The molecule has 0 aliphatic heterocycles. The number of hydrogen-bond donors (Lipinski definition) is 1. The molecule has 0 aliphatic rings. The molecule has 1 atom stereocenters. The summed E-state index contributed by atoms with van der Waals surface area (Å²) >= 11 is 0. The second kappa shape index (κ2) is 8.36. The van der Waals surface area contributed by atoms with E-state index >= 15 is 0 Å². The fourth-order valence-electron chi connectivity index (χ4n) is 2.52. The number of aromatic nitrogens is 2. The van der Waals surface area contributed by atoms with E-state index < -0.39 is 0 Å². The molecule has 0 aliphatic carbocycles. The van der Waals surface area contributed by atoms with E-state index in [1.54, 1.807) is 13.3 Å². The SMILES string of the molecule is CCCCCC(=O)N[C@H](c1ccc(OC)cc1)c1nccn1C. The molecule has 0 unspecified atom stereocenters. The number of carbonyl (C=O) groups is 1. The van der Waals surface area contributed by atoms with Crippen molar-refractivity contribution in [3.05, 3.63) is 48.0 Å². The number of imidazole rings is 1. The van der Waals surface area contributed by atoms with Crippen LogP contribution in [-0.4, -0.2) is 22.6 Å². The summed E-state index contributed by atoms with van der Waals surface area (Å²) in [5.41, 5.74) is 0.990. The highest BCUT2D eigenvalue weighted by molar-refractivity contribution is 5.76. The highest BCUT2D eigenvalue weighted by Gasteiger charge is 2.20. The monoisotopic (exact) mass is 315 g/mol. The molecule has 0 saturated heterocycles. The van der Waals surface area contributed by atoms with Crippen LogP contribution in [0.3, 0.4) is 0 Å². The van der Waals surface area contributed by atoms with E-state index in [1.807, 2.05) is 42.1 Å². The number of methoxy groups -OCH3 is 1. The smallest absolute Gasteiger partial charge is 0.220 e. The van der Waals surface area contributed by atoms with E-state index in [2.05, 4.69) is 17.2 Å². The van der Waals surface area contributed by atoms with E-state index in [-0.39, 0.29) is 11.9 Å². The first-order valence-electron chi connectivity index (χ1n) is 8.06. The maximum Gasteiger partial charge on any atom is 0.220 e. The van der Waals surface area contributed by atoms with Gasteiger partial charge in [0.25, 0.3) is 0 Å². The van der Waals surface area contributed by atoms with Crippen molar-refractivity contribution in [1.29, 1.82) is 0 Å². The second-order valence-corrected chi connectivity index (χ2v) is 5.63. The van der Waals surface area contributed by atoms with Crippen molar-refractivity contribution in [3.63, 3.8) is 0 Å². The van der Waals surface area contributed by atoms with E-state index in [0.29, 0.717) is 6.42 Å². The molecule has 1 amide bonds. The van der Waals surface area contributed by atoms with Gasteiger partial charge in [0.15, 0.2) is 0 Å². The van der Waals surface area contributed by atoms with E-state index in [0.717, 1.165) is 36.4 Å². The number of nitrogens with zero attached hydrogens (tertiary/aromatic N) is 2. The Labute approximate surface area is 137 Å². The van der Waals surface area contributed by atoms with Gasteiger partial charge < -0.3 is 14.6 Å². The molecule has 1 aromatic heterocycles. The highest BCUT2D eigenvalue weighted by atomic mass is 16.5. The Kier molecular flexibility index (Phi) is 6.20. The van der Waals surface area contributed by atoms with Gasteiger partial charge in [-0.15, -0.1) is 0 Å². The lowest BCUT2D eigenvalue weighted by molar-refractivity contribution is -0.121. The predicted octanol–water partition coefficient (Wildman–Crippen LogP) is 3.21. The zero-order valence-electron chi connectivity index (χ0n) is 14.1. The summed E-state index contributed by atoms with van der Waals surface area (Å²) in [7, 11) is 3.57. The zero-order chi connectivity index (χ0) is 16.7. The van der Waals surface area contributed by atoms with Crippen molar-refractivity contribution >= 4 is 5.91 Å². The fraction of sp³-hybridized carbons (Fsp3) is 0.444. The topological polar surface area (TPSA) is 56.1 Å². The van der Waals surface area contributed by atoms with Crippen LogP contribution in [0.2, 0.25) is 0 Å². The average molecular weight is 315 g/mol. The van der Waals surface area contributed by atoms with E-state index in [9.17, 15) is 4.79 Å². The van der Waals surface area contributed by atoms with Crippen LogP contribution in [0, 0.1) is 0 Å². The third kappa shape index (κ3) is 4.58. The lowest BCUT2D eigenvalue weighted by Gasteiger charge is -2.19. The third-order valence-corrected chi connectivity index (χ3v) is 3.88. The van der Waals surface area contributed by atoms with Crippen LogP contribution in [0.1, 0.15) is 50.0 Å². The number of rotatable bonds is 8. The van der Waals surface area contributed by atoms with Crippen LogP contribution in [-0.2, 0) is 11.8 Å². The van der Waals surface area contributed by atoms with Crippen LogP contribution < -0.4 is 10.1 Å². The molecule has 1 heterocycles. The largest absolute Gasteiger partial charge is 0.497 e. The quantitative estimate of drug-likeness (QED) is 0.761. The Morgan fingerprint density at radius 2 is 2.04 bits per heavy atom. The minimum absolute atomic E-state index is 0.0577. The van der Waals surface area contributed by atoms with Gasteiger partial charge in [-0.1, -0.05) is 31.9 Å². The van der Waals surface area contributed by atoms with Gasteiger partial charge in [-0.25, -0.2) is 4.98 Å². The van der Waals surface area contributed by atoms with Crippen LogP contribution in [0.5, 0.6) is 5.75 Å². The molecule has 2 aromatic rings. The van der Waals surface area contributed by atoms with Gasteiger partial charge in [-0.05, 0) is 24.1 Å². The zero-order valence-corrected chi connectivity index (χ0v) is 14.1. The van der Waals surface area contributed by atoms with Crippen molar-refractivity contribution in [2.45, 2.75) is 38.6 Å². The minimum atomic E-state index is -0.255. The maximum atomic E-state index is 12.3. The molecule has 1 N–H and O–H groups in total. The van der Waals surface area contributed by atoms with Crippen molar-refractivity contribution < 1.29 is 9.53 Å². The number of nitrogens with one attached hydrogen (secondary N) is 1. The van der Waals surface area contributed by atoms with Crippen LogP contribution in [0.25, 0.3) is 0 Å². The first kappa shape index (κ1) is 17.1. The molecule has 0 radical (unpaired) electrons. The van der Waals surface area contributed by atoms with Gasteiger partial charge in [0, 0.05) is 25.9 Å². The lowest BCUT2D eigenvalue weighted by atomic mass is 10.1. The average Bonchev–Trinajstić information content (AvgIpc) is 2.99. The summed E-state index contributed by atoms with van der Waals surface area (Å²) in [6.07, 6.45) is 7.27. The first-order chi connectivity index (χ1) is 11.2. The van der Waals surface area contributed by atoms with Crippen molar-refractivity contribution in [2.24, 2.45) is 7.05 Å². The summed E-state index contributed by atoms with van der Waals surface area (Å²) in [6.45, 7) is 2.13. The van der Waals surface area contributed by atoms with Gasteiger partial charge in [-0.3, -0.25) is 4.79 Å². The van der Waals surface area contributed by atoms with Crippen molar-refractivity contribution in [2.75, 3.05) is 7.11 Å². The summed E-state index contributed by atoms with van der Waals surface area (Å²) < 4.78 is 7.13. The summed E-state index contributed by atoms with van der Waals surface area (Å²) in [6, 6.07) is 7.47. The molecular formula is C18H25N3O2. The Morgan fingerprint density at radius 3 is 2.61 bits per heavy atom. The molecular weight excluding hydrogens is 290 g/mol. The van der Waals surface area contributed by atoms with Crippen LogP contribution in [0.4, 0.5) is 0 Å². The van der Waals surface area contributed by atoms with Gasteiger partial charge >= 0.3 is 0 Å². The van der Waals surface area contributed by atoms with Crippen molar-refractivity contribution in [3.8, 4) is 5.75 Å². The summed E-state index contributed by atoms with van der Waals surface area (Å²) in [5.74, 6) is 1.67. The molecule has 124 valence electrons. The number of benzene rings is 1. The molecule has 23 heavy (non-hydrogen) atoms. The van der Waals surface area contributed by atoms with Gasteiger partial charge in [0.2, 0.25) is 5.91 Å². The second-order valence-electron chi connectivity index (χ2n) is 5.63. The molecule has 0 spiro atoms. The molecule has 2 rings (SSSR count). The fourth-order valence-corrected chi connectivity index (χ4v) is 2.52. The number of aryl methyl sites for hydroxylation is 1.